The predicted molar refractivity (Wildman–Crippen MR) is 82.8 cm³/mol. The van der Waals surface area contributed by atoms with Gasteiger partial charge >= 0.3 is 0 Å². The molecule has 3 heterocycles. The molecule has 0 aliphatic carbocycles. The standard InChI is InChI=1S/C15H22N6O/c1-5-11-6-14(17-9(2)16-11)21-8-12(22-4)7-13(21)15-18-10(3)19-20-15/h6,12-13H,5,7-8H2,1-4H3,(H,18,19,20)/t12-,13+/m1/s1. The van der Waals surface area contributed by atoms with Gasteiger partial charge in [0.1, 0.15) is 17.5 Å². The van der Waals surface area contributed by atoms with Crippen molar-refractivity contribution in [3.8, 4) is 0 Å². The van der Waals surface area contributed by atoms with Crippen molar-refractivity contribution in [3.05, 3.63) is 29.2 Å². The lowest BCUT2D eigenvalue weighted by Gasteiger charge is -2.24. The number of nitrogens with one attached hydrogen (secondary N) is 1. The zero-order chi connectivity index (χ0) is 15.7. The maximum Gasteiger partial charge on any atom is 0.173 e. The van der Waals surface area contributed by atoms with Gasteiger partial charge in [-0.3, -0.25) is 5.10 Å². The Morgan fingerprint density at radius 1 is 1.32 bits per heavy atom. The van der Waals surface area contributed by atoms with E-state index in [1.54, 1.807) is 7.11 Å². The zero-order valence-electron chi connectivity index (χ0n) is 13.5. The van der Waals surface area contributed by atoms with E-state index in [1.165, 1.54) is 0 Å². The highest BCUT2D eigenvalue weighted by Crippen LogP contribution is 2.35. The lowest BCUT2D eigenvalue weighted by molar-refractivity contribution is 0.118. The molecule has 0 radical (unpaired) electrons. The number of aromatic amines is 1. The summed E-state index contributed by atoms with van der Waals surface area (Å²) in [5.41, 5.74) is 1.05. The van der Waals surface area contributed by atoms with E-state index < -0.39 is 0 Å². The SMILES string of the molecule is CCc1cc(N2C[C@H](OC)C[C@H]2c2n[nH]c(C)n2)nc(C)n1. The van der Waals surface area contributed by atoms with E-state index in [0.29, 0.717) is 0 Å². The van der Waals surface area contributed by atoms with E-state index in [2.05, 4.69) is 43.0 Å². The number of aromatic nitrogens is 5. The summed E-state index contributed by atoms with van der Waals surface area (Å²) in [7, 11) is 1.75. The van der Waals surface area contributed by atoms with Crippen molar-refractivity contribution >= 4 is 5.82 Å². The Morgan fingerprint density at radius 3 is 2.77 bits per heavy atom. The Balaban J connectivity index is 1.97. The van der Waals surface area contributed by atoms with Crippen molar-refractivity contribution in [1.82, 2.24) is 25.1 Å². The van der Waals surface area contributed by atoms with Gasteiger partial charge in [-0.2, -0.15) is 5.10 Å². The molecular weight excluding hydrogens is 280 g/mol. The molecule has 2 aromatic heterocycles. The molecule has 2 atom stereocenters. The topological polar surface area (TPSA) is 79.8 Å². The summed E-state index contributed by atoms with van der Waals surface area (Å²) in [4.78, 5) is 15.8. The smallest absolute Gasteiger partial charge is 0.173 e. The van der Waals surface area contributed by atoms with Gasteiger partial charge in [0.2, 0.25) is 0 Å². The fourth-order valence-electron chi connectivity index (χ4n) is 2.92. The van der Waals surface area contributed by atoms with Crippen LogP contribution in [-0.4, -0.2) is 44.9 Å². The van der Waals surface area contributed by atoms with Crippen LogP contribution in [0.25, 0.3) is 0 Å². The predicted octanol–water partition coefficient (Wildman–Crippen LogP) is 1.74. The molecule has 0 amide bonds. The number of methoxy groups -OCH3 is 1. The van der Waals surface area contributed by atoms with Crippen LogP contribution in [-0.2, 0) is 11.2 Å². The molecule has 0 unspecified atom stereocenters. The molecule has 1 N–H and O–H groups in total. The molecule has 7 heteroatoms. The van der Waals surface area contributed by atoms with Crippen LogP contribution in [0.15, 0.2) is 6.07 Å². The van der Waals surface area contributed by atoms with Crippen LogP contribution in [0.3, 0.4) is 0 Å². The lowest BCUT2D eigenvalue weighted by atomic mass is 10.2. The number of rotatable bonds is 4. The fraction of sp³-hybridized carbons (Fsp3) is 0.600. The first kappa shape index (κ1) is 14.9. The Bertz CT molecular complexity index is 655. The summed E-state index contributed by atoms with van der Waals surface area (Å²) in [5.74, 6) is 3.34. The number of nitrogens with zero attached hydrogens (tertiary/aromatic N) is 5. The molecule has 1 aliphatic rings. The van der Waals surface area contributed by atoms with Crippen molar-refractivity contribution in [2.24, 2.45) is 0 Å². The molecular formula is C15H22N6O. The normalized spacial score (nSPS) is 21.5. The number of hydrogen-bond acceptors (Lipinski definition) is 6. The Morgan fingerprint density at radius 2 is 2.14 bits per heavy atom. The Kier molecular flexibility index (Phi) is 4.06. The molecule has 7 nitrogen and oxygen atoms in total. The van der Waals surface area contributed by atoms with Gasteiger partial charge in [0.05, 0.1) is 12.1 Å². The van der Waals surface area contributed by atoms with Gasteiger partial charge < -0.3 is 9.64 Å². The summed E-state index contributed by atoms with van der Waals surface area (Å²) < 4.78 is 5.56. The molecule has 2 aromatic rings. The fourth-order valence-corrected chi connectivity index (χ4v) is 2.92. The molecule has 0 saturated carbocycles. The summed E-state index contributed by atoms with van der Waals surface area (Å²) in [6.45, 7) is 6.73. The van der Waals surface area contributed by atoms with E-state index >= 15 is 0 Å². The van der Waals surface area contributed by atoms with Gasteiger partial charge in [0.15, 0.2) is 5.82 Å². The summed E-state index contributed by atoms with van der Waals surface area (Å²) in [6, 6.07) is 2.13. The molecule has 1 fully saturated rings. The summed E-state index contributed by atoms with van der Waals surface area (Å²) in [6.07, 6.45) is 1.91. The highest BCUT2D eigenvalue weighted by molar-refractivity contribution is 5.44. The third kappa shape index (κ3) is 2.81. The second-order valence-corrected chi connectivity index (χ2v) is 5.66. The van der Waals surface area contributed by atoms with Crippen LogP contribution in [0.1, 0.15) is 42.6 Å². The van der Waals surface area contributed by atoms with Gasteiger partial charge in [0.25, 0.3) is 0 Å². The molecule has 1 saturated heterocycles. The van der Waals surface area contributed by atoms with Gasteiger partial charge in [-0.25, -0.2) is 15.0 Å². The van der Waals surface area contributed by atoms with Crippen LogP contribution < -0.4 is 4.90 Å². The average molecular weight is 302 g/mol. The largest absolute Gasteiger partial charge is 0.380 e. The van der Waals surface area contributed by atoms with Gasteiger partial charge in [0, 0.05) is 31.8 Å². The maximum absolute atomic E-state index is 5.56. The van der Waals surface area contributed by atoms with Crippen LogP contribution in [0, 0.1) is 13.8 Å². The monoisotopic (exact) mass is 302 g/mol. The van der Waals surface area contributed by atoms with E-state index in [0.717, 1.165) is 48.4 Å². The van der Waals surface area contributed by atoms with Gasteiger partial charge in [-0.1, -0.05) is 6.92 Å². The van der Waals surface area contributed by atoms with Crippen molar-refractivity contribution in [2.45, 2.75) is 45.8 Å². The first-order chi connectivity index (χ1) is 10.6. The third-order valence-corrected chi connectivity index (χ3v) is 4.04. The van der Waals surface area contributed by atoms with Crippen LogP contribution in [0.5, 0.6) is 0 Å². The number of hydrogen-bond donors (Lipinski definition) is 1. The number of H-pyrrole nitrogens is 1. The second-order valence-electron chi connectivity index (χ2n) is 5.66. The molecule has 118 valence electrons. The Labute approximate surface area is 130 Å². The third-order valence-electron chi connectivity index (χ3n) is 4.04. The van der Waals surface area contributed by atoms with E-state index in [9.17, 15) is 0 Å². The number of anilines is 1. The van der Waals surface area contributed by atoms with Crippen LogP contribution >= 0.6 is 0 Å². The first-order valence-electron chi connectivity index (χ1n) is 7.63. The molecule has 0 spiro atoms. The second kappa shape index (κ2) is 6.00. The minimum absolute atomic E-state index is 0.0777. The quantitative estimate of drug-likeness (QED) is 0.926. The highest BCUT2D eigenvalue weighted by atomic mass is 16.5. The van der Waals surface area contributed by atoms with E-state index in [1.807, 2.05) is 13.8 Å². The molecule has 0 aromatic carbocycles. The highest BCUT2D eigenvalue weighted by Gasteiger charge is 2.36. The average Bonchev–Trinajstić information content (AvgIpc) is 3.12. The zero-order valence-corrected chi connectivity index (χ0v) is 13.5. The van der Waals surface area contributed by atoms with Gasteiger partial charge in [-0.05, 0) is 20.3 Å². The van der Waals surface area contributed by atoms with Crippen LogP contribution in [0.4, 0.5) is 5.82 Å². The van der Waals surface area contributed by atoms with Crippen molar-refractivity contribution < 1.29 is 4.74 Å². The van der Waals surface area contributed by atoms with Crippen molar-refractivity contribution in [1.29, 1.82) is 0 Å². The first-order valence-corrected chi connectivity index (χ1v) is 7.63. The minimum atomic E-state index is 0.0777. The molecule has 22 heavy (non-hydrogen) atoms. The summed E-state index contributed by atoms with van der Waals surface area (Å²) in [5, 5.41) is 7.25. The van der Waals surface area contributed by atoms with Crippen molar-refractivity contribution in [3.63, 3.8) is 0 Å². The maximum atomic E-state index is 5.56. The summed E-state index contributed by atoms with van der Waals surface area (Å²) >= 11 is 0. The van der Waals surface area contributed by atoms with E-state index in [-0.39, 0.29) is 12.1 Å². The Hall–Kier alpha value is -2.02. The molecule has 3 rings (SSSR count). The van der Waals surface area contributed by atoms with Gasteiger partial charge in [-0.15, -0.1) is 0 Å². The molecule has 1 aliphatic heterocycles. The van der Waals surface area contributed by atoms with Crippen LogP contribution in [0.2, 0.25) is 0 Å². The number of aryl methyl sites for hydroxylation is 3. The number of ether oxygens (including phenoxy) is 1. The van der Waals surface area contributed by atoms with Crippen molar-refractivity contribution in [2.75, 3.05) is 18.6 Å². The minimum Gasteiger partial charge on any atom is -0.380 e. The van der Waals surface area contributed by atoms with E-state index in [4.69, 9.17) is 4.74 Å². The lowest BCUT2D eigenvalue weighted by Crippen LogP contribution is -2.27. The molecule has 0 bridgehead atoms.